The van der Waals surface area contributed by atoms with Gasteiger partial charge in [-0.05, 0) is 17.7 Å². The first-order valence-corrected chi connectivity index (χ1v) is 3.65. The highest BCUT2D eigenvalue weighted by atomic mass is 35.5. The maximum atomic E-state index is 7.31. The minimum absolute atomic E-state index is 0.0683. The number of halogens is 1. The third-order valence-corrected chi connectivity index (χ3v) is 1.20. The van der Waals surface area contributed by atoms with Crippen molar-refractivity contribution in [2.45, 2.75) is 0 Å². The van der Waals surface area contributed by atoms with Gasteiger partial charge in [0, 0.05) is 12.6 Å². The molecule has 5 heteroatoms. The van der Waals surface area contributed by atoms with E-state index in [2.05, 4.69) is 17.6 Å². The Bertz CT molecular complexity index is 277. The molecule has 1 N–H and O–H groups in total. The van der Waals surface area contributed by atoms with Crippen molar-refractivity contribution < 1.29 is 4.42 Å². The molecule has 0 aliphatic heterocycles. The Balaban J connectivity index is 2.80. The summed E-state index contributed by atoms with van der Waals surface area (Å²) in [5, 5.41) is 7.31. The molecule has 0 aromatic carbocycles. The molecule has 0 spiro atoms. The lowest BCUT2D eigenvalue weighted by Crippen LogP contribution is -1.94. The Hall–Kier alpha value is -0.740. The van der Waals surface area contributed by atoms with Crippen molar-refractivity contribution in [1.29, 1.82) is 5.41 Å². The predicted molar refractivity (Wildman–Crippen MR) is 49.0 cm³/mol. The fraction of sp³-hybridized carbons (Fsp3) is 0. The van der Waals surface area contributed by atoms with Crippen LogP contribution in [0.3, 0.4) is 0 Å². The molecule has 0 aliphatic carbocycles. The second kappa shape index (κ2) is 3.59. The highest BCUT2D eigenvalue weighted by Crippen LogP contribution is 2.02. The van der Waals surface area contributed by atoms with E-state index in [-0.39, 0.29) is 10.3 Å². The second-order valence-corrected chi connectivity index (χ2v) is 2.91. The van der Waals surface area contributed by atoms with E-state index in [1.165, 1.54) is 12.5 Å². The van der Waals surface area contributed by atoms with Gasteiger partial charge in [-0.3, -0.25) is 5.41 Å². The first-order chi connectivity index (χ1) is 5.20. The predicted octanol–water partition coefficient (Wildman–Crippen LogP) is 1.21. The van der Waals surface area contributed by atoms with Crippen LogP contribution in [-0.2, 0) is 12.6 Å². The van der Waals surface area contributed by atoms with Crippen LogP contribution in [0.25, 0.3) is 0 Å². The highest BCUT2D eigenvalue weighted by Gasteiger charge is 2.02. The number of furan rings is 1. The number of hydrogen-bond donors (Lipinski definition) is 1. The summed E-state index contributed by atoms with van der Waals surface area (Å²) in [7, 11) is 0. The summed E-state index contributed by atoms with van der Waals surface area (Å²) in [4.78, 5) is 3.64. The Morgan fingerprint density at radius 1 is 1.73 bits per heavy atom. The van der Waals surface area contributed by atoms with E-state index in [1.54, 1.807) is 6.07 Å². The molecule has 0 fully saturated rings. The fourth-order valence-electron chi connectivity index (χ4n) is 0.562. The Kier molecular flexibility index (Phi) is 2.73. The molecule has 0 radical (unpaired) electrons. The molecular formula is C6H6ClN2OS+. The van der Waals surface area contributed by atoms with Crippen molar-refractivity contribution in [1.82, 2.24) is 0 Å². The fourth-order valence-corrected chi connectivity index (χ4v) is 0.758. The standard InChI is InChI=1S/C6H5ClN2OS/c7-6(11)9-5(8)4-1-2-10-3-4/h1-3H,(H2,8,9,11)/p+1. The van der Waals surface area contributed by atoms with E-state index in [9.17, 15) is 0 Å². The minimum atomic E-state index is 0.0683. The van der Waals surface area contributed by atoms with Gasteiger partial charge in [-0.1, -0.05) is 0 Å². The van der Waals surface area contributed by atoms with E-state index < -0.39 is 0 Å². The Morgan fingerprint density at radius 2 is 2.45 bits per heavy atom. The van der Waals surface area contributed by atoms with Crippen LogP contribution in [0.1, 0.15) is 5.56 Å². The van der Waals surface area contributed by atoms with Gasteiger partial charge in [0.2, 0.25) is 0 Å². The number of aliphatic imine (C=N–C) groups is 1. The molecule has 1 aromatic rings. The second-order valence-electron chi connectivity index (χ2n) is 1.76. The van der Waals surface area contributed by atoms with Gasteiger partial charge in [0.05, 0.1) is 11.8 Å². The van der Waals surface area contributed by atoms with Gasteiger partial charge in [0.1, 0.15) is 6.26 Å². The zero-order valence-electron chi connectivity index (χ0n) is 5.47. The van der Waals surface area contributed by atoms with Crippen molar-refractivity contribution in [2.24, 2.45) is 4.99 Å². The molecule has 0 aliphatic rings. The number of hydrogen-bond acceptors (Lipinski definition) is 2. The number of nitrogens with one attached hydrogen (secondary N) is 1. The molecule has 58 valence electrons. The monoisotopic (exact) mass is 189 g/mol. The average Bonchev–Trinajstić information content (AvgIpc) is 2.35. The Labute approximate surface area is 74.0 Å². The van der Waals surface area contributed by atoms with Gasteiger partial charge in [-0.2, -0.15) is 4.99 Å². The molecule has 0 unspecified atom stereocenters. The summed E-state index contributed by atoms with van der Waals surface area (Å²) in [6.45, 7) is 0. The van der Waals surface area contributed by atoms with Crippen molar-refractivity contribution in [3.05, 3.63) is 24.2 Å². The number of rotatable bonds is 1. The average molecular weight is 190 g/mol. The van der Waals surface area contributed by atoms with Crippen molar-refractivity contribution >= 4 is 34.6 Å². The minimum Gasteiger partial charge on any atom is -0.472 e. The van der Waals surface area contributed by atoms with E-state index >= 15 is 0 Å². The molecule has 1 aromatic heterocycles. The van der Waals surface area contributed by atoms with Gasteiger partial charge in [-0.15, -0.1) is 0 Å². The van der Waals surface area contributed by atoms with E-state index in [1.807, 2.05) is 0 Å². The molecule has 0 atom stereocenters. The van der Waals surface area contributed by atoms with Crippen molar-refractivity contribution in [3.63, 3.8) is 0 Å². The lowest BCUT2D eigenvalue weighted by Gasteiger charge is -1.86. The van der Waals surface area contributed by atoms with Crippen molar-refractivity contribution in [2.75, 3.05) is 0 Å². The molecule has 1 rings (SSSR count). The third-order valence-electron chi connectivity index (χ3n) is 1.00. The van der Waals surface area contributed by atoms with Crippen LogP contribution in [0, 0.1) is 5.41 Å². The van der Waals surface area contributed by atoms with Gasteiger partial charge < -0.3 is 4.42 Å². The van der Waals surface area contributed by atoms with E-state index in [0.717, 1.165) is 0 Å². The van der Waals surface area contributed by atoms with Gasteiger partial charge in [-0.25, -0.2) is 0 Å². The summed E-state index contributed by atoms with van der Waals surface area (Å²) in [5.41, 5.74) is 0.599. The molecular weight excluding hydrogens is 184 g/mol. The maximum Gasteiger partial charge on any atom is 0.314 e. The van der Waals surface area contributed by atoms with Gasteiger partial charge >= 0.3 is 4.50 Å². The third kappa shape index (κ3) is 2.40. The molecule has 0 saturated heterocycles. The van der Waals surface area contributed by atoms with Crippen LogP contribution in [0.2, 0.25) is 0 Å². The largest absolute Gasteiger partial charge is 0.472 e. The first kappa shape index (κ1) is 8.36. The lowest BCUT2D eigenvalue weighted by atomic mass is 10.3. The van der Waals surface area contributed by atoms with Crippen molar-refractivity contribution in [3.8, 4) is 0 Å². The highest BCUT2D eigenvalue weighted by molar-refractivity contribution is 7.82. The van der Waals surface area contributed by atoms with E-state index in [0.29, 0.717) is 5.56 Å². The Morgan fingerprint density at radius 3 is 2.91 bits per heavy atom. The molecule has 3 nitrogen and oxygen atoms in total. The summed E-state index contributed by atoms with van der Waals surface area (Å²) in [5.74, 6) is 0.0683. The quantitative estimate of drug-likeness (QED) is 0.403. The molecule has 0 saturated carbocycles. The summed E-state index contributed by atoms with van der Waals surface area (Å²) in [6.07, 6.45) is 2.90. The van der Waals surface area contributed by atoms with Crippen LogP contribution in [-0.4, -0.2) is 10.3 Å². The summed E-state index contributed by atoms with van der Waals surface area (Å²) < 4.78 is 4.90. The zero-order chi connectivity index (χ0) is 8.27. The molecule has 11 heavy (non-hydrogen) atoms. The van der Waals surface area contributed by atoms with Crippen LogP contribution < -0.4 is 0 Å². The topological polar surface area (TPSA) is 49.4 Å². The lowest BCUT2D eigenvalue weighted by molar-refractivity contribution is 0.567. The summed E-state index contributed by atoms with van der Waals surface area (Å²) in [6, 6.07) is 1.64. The molecule has 1 heterocycles. The maximum absolute atomic E-state index is 7.31. The normalized spacial score (nSPS) is 11.6. The summed E-state index contributed by atoms with van der Waals surface area (Å²) >= 11 is 8.33. The number of nitrogens with zero attached hydrogens (tertiary/aromatic N) is 1. The van der Waals surface area contributed by atoms with Crippen LogP contribution in [0.5, 0.6) is 0 Å². The number of amidine groups is 1. The SMILES string of the molecule is N=C(N=C([SH2+])Cl)c1ccoc1. The molecule has 0 amide bonds. The smallest absolute Gasteiger partial charge is 0.314 e. The van der Waals surface area contributed by atoms with E-state index in [4.69, 9.17) is 21.4 Å². The van der Waals surface area contributed by atoms with Crippen LogP contribution in [0.15, 0.2) is 28.0 Å². The zero-order valence-corrected chi connectivity index (χ0v) is 7.22. The van der Waals surface area contributed by atoms with Gasteiger partial charge in [0.15, 0.2) is 5.84 Å². The van der Waals surface area contributed by atoms with Crippen LogP contribution in [0.4, 0.5) is 0 Å². The van der Waals surface area contributed by atoms with Gasteiger partial charge in [0.25, 0.3) is 0 Å². The first-order valence-electron chi connectivity index (χ1n) is 2.77. The molecule has 0 bridgehead atoms. The van der Waals surface area contributed by atoms with Crippen LogP contribution >= 0.6 is 11.6 Å².